The van der Waals surface area contributed by atoms with Crippen LogP contribution in [0.2, 0.25) is 0 Å². The van der Waals surface area contributed by atoms with E-state index in [9.17, 15) is 4.79 Å². The number of hydrogen-bond donors (Lipinski definition) is 1. The number of nitrogens with one attached hydrogen (secondary N) is 1. The van der Waals surface area contributed by atoms with Crippen LogP contribution in [0.15, 0.2) is 0 Å². The quantitative estimate of drug-likeness (QED) is 0.670. The molecule has 1 N–H and O–H groups in total. The molecule has 3 nitrogen and oxygen atoms in total. The van der Waals surface area contributed by atoms with Crippen LogP contribution < -0.4 is 5.32 Å². The standard InChI is InChI=1S/C9H18N2O/c1-7(2)11(4)8(12)10-9(3)5-6-9/h7H,5-6H2,1-4H3,(H,10,12). The summed E-state index contributed by atoms with van der Waals surface area (Å²) in [5, 5.41) is 3.00. The minimum atomic E-state index is 0.0463. The van der Waals surface area contributed by atoms with Gasteiger partial charge >= 0.3 is 6.03 Å². The van der Waals surface area contributed by atoms with Gasteiger partial charge in [0.25, 0.3) is 0 Å². The van der Waals surface area contributed by atoms with E-state index in [0.717, 1.165) is 12.8 Å². The highest BCUT2D eigenvalue weighted by Crippen LogP contribution is 2.34. The Labute approximate surface area is 74.1 Å². The predicted molar refractivity (Wildman–Crippen MR) is 49.1 cm³/mol. The molecule has 0 aromatic rings. The molecule has 1 saturated carbocycles. The number of carbonyl (C=O) groups is 1. The van der Waals surface area contributed by atoms with Gasteiger partial charge < -0.3 is 10.2 Å². The third-order valence-electron chi connectivity index (χ3n) is 2.50. The lowest BCUT2D eigenvalue weighted by Gasteiger charge is -2.24. The first-order chi connectivity index (χ1) is 5.44. The molecule has 0 spiro atoms. The highest BCUT2D eigenvalue weighted by molar-refractivity contribution is 5.75. The van der Waals surface area contributed by atoms with Crippen LogP contribution in [0, 0.1) is 0 Å². The van der Waals surface area contributed by atoms with Crippen molar-refractivity contribution in [1.82, 2.24) is 10.2 Å². The van der Waals surface area contributed by atoms with Crippen molar-refractivity contribution in [2.24, 2.45) is 0 Å². The Balaban J connectivity index is 2.37. The van der Waals surface area contributed by atoms with Crippen molar-refractivity contribution in [3.8, 4) is 0 Å². The Morgan fingerprint density at radius 1 is 1.50 bits per heavy atom. The van der Waals surface area contributed by atoms with E-state index in [1.807, 2.05) is 20.9 Å². The zero-order valence-corrected chi connectivity index (χ0v) is 8.35. The first-order valence-corrected chi connectivity index (χ1v) is 4.49. The second-order valence-corrected chi connectivity index (χ2v) is 4.20. The van der Waals surface area contributed by atoms with Crippen molar-refractivity contribution in [1.29, 1.82) is 0 Å². The fraction of sp³-hybridized carbons (Fsp3) is 0.889. The molecule has 0 bridgehead atoms. The third kappa shape index (κ3) is 2.13. The number of carbonyl (C=O) groups excluding carboxylic acids is 1. The van der Waals surface area contributed by atoms with Crippen LogP contribution in [0.4, 0.5) is 4.79 Å². The van der Waals surface area contributed by atoms with Crippen molar-refractivity contribution >= 4 is 6.03 Å². The molecule has 0 unspecified atom stereocenters. The molecule has 70 valence electrons. The molecule has 1 fully saturated rings. The Morgan fingerprint density at radius 2 is 2.00 bits per heavy atom. The Bertz CT molecular complexity index is 185. The highest BCUT2D eigenvalue weighted by Gasteiger charge is 2.39. The van der Waals surface area contributed by atoms with Crippen molar-refractivity contribution in [2.75, 3.05) is 7.05 Å². The average Bonchev–Trinajstić information content (AvgIpc) is 2.66. The van der Waals surface area contributed by atoms with E-state index in [1.165, 1.54) is 0 Å². The summed E-state index contributed by atoms with van der Waals surface area (Å²) in [6.45, 7) is 6.10. The first kappa shape index (κ1) is 9.36. The summed E-state index contributed by atoms with van der Waals surface area (Å²) in [4.78, 5) is 13.2. The van der Waals surface area contributed by atoms with Crippen molar-refractivity contribution in [3.63, 3.8) is 0 Å². The van der Waals surface area contributed by atoms with Crippen molar-refractivity contribution < 1.29 is 4.79 Å². The van der Waals surface area contributed by atoms with Crippen molar-refractivity contribution in [3.05, 3.63) is 0 Å². The van der Waals surface area contributed by atoms with E-state index in [1.54, 1.807) is 4.90 Å². The van der Waals surface area contributed by atoms with Gasteiger partial charge in [0, 0.05) is 18.6 Å². The zero-order chi connectivity index (χ0) is 9.35. The monoisotopic (exact) mass is 170 g/mol. The van der Waals surface area contributed by atoms with Crippen LogP contribution in [0.3, 0.4) is 0 Å². The normalized spacial score (nSPS) is 19.1. The SMILES string of the molecule is CC(C)N(C)C(=O)NC1(C)CC1. The number of hydrogen-bond acceptors (Lipinski definition) is 1. The van der Waals surface area contributed by atoms with Gasteiger partial charge in [-0.05, 0) is 33.6 Å². The Hall–Kier alpha value is -0.730. The van der Waals surface area contributed by atoms with Gasteiger partial charge in [0.2, 0.25) is 0 Å². The molecule has 1 rings (SSSR count). The fourth-order valence-corrected chi connectivity index (χ4v) is 0.893. The lowest BCUT2D eigenvalue weighted by atomic mass is 10.3. The number of amides is 2. The molecule has 1 aliphatic carbocycles. The van der Waals surface area contributed by atoms with Gasteiger partial charge in [-0.15, -0.1) is 0 Å². The molecule has 2 amide bonds. The van der Waals surface area contributed by atoms with E-state index in [0.29, 0.717) is 0 Å². The largest absolute Gasteiger partial charge is 0.333 e. The minimum absolute atomic E-state index is 0.0463. The van der Waals surface area contributed by atoms with E-state index >= 15 is 0 Å². The van der Waals surface area contributed by atoms with E-state index in [-0.39, 0.29) is 17.6 Å². The summed E-state index contributed by atoms with van der Waals surface area (Å²) < 4.78 is 0. The lowest BCUT2D eigenvalue weighted by molar-refractivity contribution is 0.193. The molecular formula is C9H18N2O. The molecule has 0 saturated heterocycles. The third-order valence-corrected chi connectivity index (χ3v) is 2.50. The van der Waals surface area contributed by atoms with E-state index < -0.39 is 0 Å². The Morgan fingerprint density at radius 3 is 2.33 bits per heavy atom. The van der Waals surface area contributed by atoms with Crippen LogP contribution in [0.25, 0.3) is 0 Å². The van der Waals surface area contributed by atoms with Crippen molar-refractivity contribution in [2.45, 2.75) is 45.2 Å². The predicted octanol–water partition coefficient (Wildman–Crippen LogP) is 1.59. The summed E-state index contributed by atoms with van der Waals surface area (Å²) in [6.07, 6.45) is 2.23. The average molecular weight is 170 g/mol. The van der Waals surface area contributed by atoms with Gasteiger partial charge in [-0.1, -0.05) is 0 Å². The van der Waals surface area contributed by atoms with Gasteiger partial charge in [0.1, 0.15) is 0 Å². The smallest absolute Gasteiger partial charge is 0.317 e. The maximum atomic E-state index is 11.5. The molecular weight excluding hydrogens is 152 g/mol. The minimum Gasteiger partial charge on any atom is -0.333 e. The van der Waals surface area contributed by atoms with Crippen LogP contribution in [-0.4, -0.2) is 29.6 Å². The maximum Gasteiger partial charge on any atom is 0.317 e. The topological polar surface area (TPSA) is 32.3 Å². The lowest BCUT2D eigenvalue weighted by Crippen LogP contribution is -2.45. The molecule has 12 heavy (non-hydrogen) atoms. The first-order valence-electron chi connectivity index (χ1n) is 4.49. The number of urea groups is 1. The molecule has 1 aliphatic rings. The Kier molecular flexibility index (Phi) is 2.31. The molecule has 0 atom stereocenters. The summed E-state index contributed by atoms with van der Waals surface area (Å²) in [5.41, 5.74) is 0.0975. The van der Waals surface area contributed by atoms with Gasteiger partial charge in [0.05, 0.1) is 0 Å². The number of rotatable bonds is 2. The summed E-state index contributed by atoms with van der Waals surface area (Å²) in [7, 11) is 1.83. The molecule has 0 aliphatic heterocycles. The van der Waals surface area contributed by atoms with Gasteiger partial charge in [-0.3, -0.25) is 0 Å². The van der Waals surface area contributed by atoms with E-state index in [2.05, 4.69) is 12.2 Å². The van der Waals surface area contributed by atoms with Gasteiger partial charge in [-0.2, -0.15) is 0 Å². The summed E-state index contributed by atoms with van der Waals surface area (Å²) >= 11 is 0. The van der Waals surface area contributed by atoms with Crippen LogP contribution >= 0.6 is 0 Å². The fourth-order valence-electron chi connectivity index (χ4n) is 0.893. The molecule has 3 heteroatoms. The van der Waals surface area contributed by atoms with Crippen LogP contribution in [-0.2, 0) is 0 Å². The molecule has 0 heterocycles. The maximum absolute atomic E-state index is 11.5. The summed E-state index contributed by atoms with van der Waals surface area (Å²) in [6, 6.07) is 0.317. The molecule has 0 aromatic heterocycles. The van der Waals surface area contributed by atoms with E-state index in [4.69, 9.17) is 0 Å². The van der Waals surface area contributed by atoms with Gasteiger partial charge in [0.15, 0.2) is 0 Å². The molecule has 0 aromatic carbocycles. The second kappa shape index (κ2) is 2.96. The summed E-state index contributed by atoms with van der Waals surface area (Å²) in [5.74, 6) is 0. The van der Waals surface area contributed by atoms with Crippen LogP contribution in [0.5, 0.6) is 0 Å². The molecule has 0 radical (unpaired) electrons. The van der Waals surface area contributed by atoms with Crippen LogP contribution in [0.1, 0.15) is 33.6 Å². The highest BCUT2D eigenvalue weighted by atomic mass is 16.2. The number of nitrogens with zero attached hydrogens (tertiary/aromatic N) is 1. The second-order valence-electron chi connectivity index (χ2n) is 4.20. The van der Waals surface area contributed by atoms with Gasteiger partial charge in [-0.25, -0.2) is 4.79 Å². The zero-order valence-electron chi connectivity index (χ0n) is 8.35.